The van der Waals surface area contributed by atoms with E-state index in [-0.39, 0.29) is 0 Å². The van der Waals surface area contributed by atoms with E-state index in [4.69, 9.17) is 17.2 Å². The fourth-order valence-electron chi connectivity index (χ4n) is 0.342. The molecule has 0 amide bonds. The molecule has 4 nitrogen and oxygen atoms in total. The minimum absolute atomic E-state index is 0.587. The Morgan fingerprint density at radius 1 is 1.38 bits per heavy atom. The molecule has 0 saturated carbocycles. The van der Waals surface area contributed by atoms with E-state index in [1.807, 2.05) is 7.05 Å². The highest BCUT2D eigenvalue weighted by molar-refractivity contribution is 4.67. The van der Waals surface area contributed by atoms with E-state index in [1.54, 1.807) is 0 Å². The molecule has 0 saturated heterocycles. The van der Waals surface area contributed by atoms with Gasteiger partial charge in [0.2, 0.25) is 0 Å². The third kappa shape index (κ3) is 5.84. The average Bonchev–Trinajstić information content (AvgIpc) is 1.59. The molecule has 0 heterocycles. The number of nitrogens with two attached hydrogens (primary N) is 3. The highest BCUT2D eigenvalue weighted by atomic mass is 15.1. The Kier molecular flexibility index (Phi) is 2.93. The summed E-state index contributed by atoms with van der Waals surface area (Å²) in [6, 6.07) is 0. The van der Waals surface area contributed by atoms with Crippen LogP contribution in [0.2, 0.25) is 0 Å². The normalized spacial score (nSPS) is 12.0. The van der Waals surface area contributed by atoms with E-state index in [9.17, 15) is 0 Å². The SMILES string of the molecule is CNCCC(N)(N)N. The molecule has 0 aromatic rings. The quantitative estimate of drug-likeness (QED) is 0.327. The number of nitrogens with one attached hydrogen (secondary N) is 1. The smallest absolute Gasteiger partial charge is 0.117 e. The van der Waals surface area contributed by atoms with Crippen LogP contribution < -0.4 is 22.5 Å². The zero-order valence-electron chi connectivity index (χ0n) is 5.15. The molecule has 0 aromatic heterocycles. The van der Waals surface area contributed by atoms with Crippen LogP contribution in [0, 0.1) is 0 Å². The topological polar surface area (TPSA) is 90.1 Å². The van der Waals surface area contributed by atoms with Crippen LogP contribution in [0.15, 0.2) is 0 Å². The lowest BCUT2D eigenvalue weighted by molar-refractivity contribution is 0.419. The molecule has 0 aromatic carbocycles. The van der Waals surface area contributed by atoms with Crippen molar-refractivity contribution >= 4 is 0 Å². The Labute approximate surface area is 49.4 Å². The zero-order chi connectivity index (χ0) is 6.62. The van der Waals surface area contributed by atoms with Gasteiger partial charge in [0.05, 0.1) is 0 Å². The lowest BCUT2D eigenvalue weighted by atomic mass is 10.3. The molecule has 0 radical (unpaired) electrons. The van der Waals surface area contributed by atoms with Crippen molar-refractivity contribution in [3.63, 3.8) is 0 Å². The molecule has 0 unspecified atom stereocenters. The van der Waals surface area contributed by atoms with Gasteiger partial charge in [-0.3, -0.25) is 0 Å². The van der Waals surface area contributed by atoms with Crippen LogP contribution in [0.4, 0.5) is 0 Å². The van der Waals surface area contributed by atoms with Crippen LogP contribution in [0.5, 0.6) is 0 Å². The van der Waals surface area contributed by atoms with Gasteiger partial charge in [-0.05, 0) is 13.6 Å². The van der Waals surface area contributed by atoms with Crippen LogP contribution in [0.3, 0.4) is 0 Å². The fourth-order valence-corrected chi connectivity index (χ4v) is 0.342. The molecule has 0 fully saturated rings. The molecule has 0 aliphatic carbocycles. The summed E-state index contributed by atoms with van der Waals surface area (Å²) >= 11 is 0. The average molecular weight is 118 g/mol. The molecule has 4 heteroatoms. The van der Waals surface area contributed by atoms with Crippen molar-refractivity contribution in [2.75, 3.05) is 13.6 Å². The van der Waals surface area contributed by atoms with Crippen molar-refractivity contribution in [3.8, 4) is 0 Å². The van der Waals surface area contributed by atoms with Crippen LogP contribution in [-0.4, -0.2) is 19.4 Å². The van der Waals surface area contributed by atoms with E-state index >= 15 is 0 Å². The lowest BCUT2D eigenvalue weighted by Crippen LogP contribution is -2.58. The van der Waals surface area contributed by atoms with E-state index < -0.39 is 5.79 Å². The van der Waals surface area contributed by atoms with E-state index in [0.29, 0.717) is 6.42 Å². The zero-order valence-corrected chi connectivity index (χ0v) is 5.15. The number of hydrogen-bond donors (Lipinski definition) is 4. The highest BCUT2D eigenvalue weighted by Gasteiger charge is 2.08. The molecule has 0 atom stereocenters. The first-order chi connectivity index (χ1) is 3.56. The number of rotatable bonds is 3. The maximum absolute atomic E-state index is 5.24. The highest BCUT2D eigenvalue weighted by Crippen LogP contribution is 1.83. The summed E-state index contributed by atoms with van der Waals surface area (Å²) in [6.45, 7) is 0.753. The minimum atomic E-state index is -1.01. The molecular formula is C4H14N4. The summed E-state index contributed by atoms with van der Waals surface area (Å²) in [4.78, 5) is 0. The first-order valence-electron chi connectivity index (χ1n) is 2.57. The van der Waals surface area contributed by atoms with Crippen molar-refractivity contribution in [1.29, 1.82) is 0 Å². The van der Waals surface area contributed by atoms with Crippen molar-refractivity contribution in [1.82, 2.24) is 5.32 Å². The maximum atomic E-state index is 5.24. The molecular weight excluding hydrogens is 104 g/mol. The second-order valence-electron chi connectivity index (χ2n) is 1.97. The summed E-state index contributed by atoms with van der Waals surface area (Å²) in [5.41, 5.74) is 15.7. The van der Waals surface area contributed by atoms with Gasteiger partial charge in [-0.1, -0.05) is 0 Å². The van der Waals surface area contributed by atoms with E-state index in [1.165, 1.54) is 0 Å². The second kappa shape index (κ2) is 2.99. The van der Waals surface area contributed by atoms with Gasteiger partial charge in [0, 0.05) is 6.42 Å². The first kappa shape index (κ1) is 7.84. The van der Waals surface area contributed by atoms with Crippen LogP contribution in [0.25, 0.3) is 0 Å². The standard InChI is InChI=1S/C4H14N4/c1-8-3-2-4(5,6)7/h8H,2-3,5-7H2,1H3. The molecule has 0 aliphatic rings. The largest absolute Gasteiger partial charge is 0.320 e. The Hall–Kier alpha value is -0.160. The van der Waals surface area contributed by atoms with Gasteiger partial charge in [0.15, 0.2) is 0 Å². The van der Waals surface area contributed by atoms with Gasteiger partial charge < -0.3 is 22.5 Å². The minimum Gasteiger partial charge on any atom is -0.320 e. The summed E-state index contributed by atoms with van der Waals surface area (Å²) < 4.78 is 0. The van der Waals surface area contributed by atoms with E-state index in [0.717, 1.165) is 6.54 Å². The predicted octanol–water partition coefficient (Wildman–Crippen LogP) is -1.87. The van der Waals surface area contributed by atoms with Gasteiger partial charge in [0.1, 0.15) is 5.79 Å². The molecule has 7 N–H and O–H groups in total. The van der Waals surface area contributed by atoms with Crippen molar-refractivity contribution in [2.24, 2.45) is 17.2 Å². The van der Waals surface area contributed by atoms with Gasteiger partial charge in [0.25, 0.3) is 0 Å². The Morgan fingerprint density at radius 3 is 2.00 bits per heavy atom. The van der Waals surface area contributed by atoms with Gasteiger partial charge in [-0.25, -0.2) is 0 Å². The van der Waals surface area contributed by atoms with Gasteiger partial charge in [-0.2, -0.15) is 0 Å². The van der Waals surface area contributed by atoms with Crippen molar-refractivity contribution in [2.45, 2.75) is 12.2 Å². The van der Waals surface area contributed by atoms with Crippen LogP contribution in [-0.2, 0) is 0 Å². The van der Waals surface area contributed by atoms with Crippen molar-refractivity contribution < 1.29 is 0 Å². The Morgan fingerprint density at radius 2 is 1.88 bits per heavy atom. The number of hydrogen-bond acceptors (Lipinski definition) is 4. The van der Waals surface area contributed by atoms with Crippen LogP contribution in [0.1, 0.15) is 6.42 Å². The molecule has 0 aliphatic heterocycles. The van der Waals surface area contributed by atoms with Gasteiger partial charge in [-0.15, -0.1) is 0 Å². The summed E-state index contributed by atoms with van der Waals surface area (Å²) in [6.07, 6.45) is 0.587. The molecule has 0 spiro atoms. The summed E-state index contributed by atoms with van der Waals surface area (Å²) in [5, 5.41) is 2.88. The van der Waals surface area contributed by atoms with Gasteiger partial charge >= 0.3 is 0 Å². The monoisotopic (exact) mass is 118 g/mol. The maximum Gasteiger partial charge on any atom is 0.117 e. The molecule has 0 bridgehead atoms. The first-order valence-corrected chi connectivity index (χ1v) is 2.57. The Balaban J connectivity index is 3.11. The van der Waals surface area contributed by atoms with Crippen LogP contribution >= 0.6 is 0 Å². The van der Waals surface area contributed by atoms with E-state index in [2.05, 4.69) is 5.32 Å². The lowest BCUT2D eigenvalue weighted by Gasteiger charge is -2.17. The third-order valence-electron chi connectivity index (χ3n) is 0.808. The predicted molar refractivity (Wildman–Crippen MR) is 33.8 cm³/mol. The second-order valence-corrected chi connectivity index (χ2v) is 1.97. The summed E-state index contributed by atoms with van der Waals surface area (Å²) in [5.74, 6) is -1.01. The van der Waals surface area contributed by atoms with Crippen molar-refractivity contribution in [3.05, 3.63) is 0 Å². The fraction of sp³-hybridized carbons (Fsp3) is 1.00. The third-order valence-corrected chi connectivity index (χ3v) is 0.808. The Bertz CT molecular complexity index is 55.5. The molecule has 0 rings (SSSR count). The molecule has 8 heavy (non-hydrogen) atoms. The summed E-state index contributed by atoms with van der Waals surface area (Å²) in [7, 11) is 1.83. The molecule has 50 valence electrons.